The lowest BCUT2D eigenvalue weighted by atomic mass is 9.96. The van der Waals surface area contributed by atoms with Crippen molar-refractivity contribution < 1.29 is 9.90 Å². The number of aryl methyl sites for hydroxylation is 1. The zero-order valence-corrected chi connectivity index (χ0v) is 12.3. The lowest BCUT2D eigenvalue weighted by Crippen LogP contribution is -2.25. The van der Waals surface area contributed by atoms with Crippen molar-refractivity contribution in [2.75, 3.05) is 11.4 Å². The number of fused-ring (bicyclic) bond motifs is 1. The number of likely N-dealkylation sites (N-methyl/N-ethyl adjacent to an activating group) is 1. The molecule has 0 fully saturated rings. The zero-order chi connectivity index (χ0) is 15.0. The van der Waals surface area contributed by atoms with E-state index < -0.39 is 6.10 Å². The molecule has 0 aliphatic carbocycles. The summed E-state index contributed by atoms with van der Waals surface area (Å²) in [5, 5.41) is 10.6. The molecule has 1 aliphatic rings. The molecular weight excluding hydrogens is 262 g/mol. The predicted molar refractivity (Wildman–Crippen MR) is 83.4 cm³/mol. The molecule has 108 valence electrons. The van der Waals surface area contributed by atoms with Gasteiger partial charge >= 0.3 is 0 Å². The van der Waals surface area contributed by atoms with Gasteiger partial charge in [-0.15, -0.1) is 0 Å². The summed E-state index contributed by atoms with van der Waals surface area (Å²) in [7, 11) is 0. The van der Waals surface area contributed by atoms with Crippen molar-refractivity contribution in [1.82, 2.24) is 0 Å². The molecule has 3 heteroatoms. The van der Waals surface area contributed by atoms with Crippen LogP contribution in [0.15, 0.2) is 42.5 Å². The molecule has 0 bridgehead atoms. The van der Waals surface area contributed by atoms with E-state index in [9.17, 15) is 9.90 Å². The highest BCUT2D eigenvalue weighted by Gasteiger charge is 2.26. The van der Waals surface area contributed by atoms with Crippen molar-refractivity contribution in [2.24, 2.45) is 0 Å². The molecule has 0 spiro atoms. The summed E-state index contributed by atoms with van der Waals surface area (Å²) in [4.78, 5) is 13.7. The van der Waals surface area contributed by atoms with E-state index >= 15 is 0 Å². The van der Waals surface area contributed by atoms with Crippen LogP contribution >= 0.6 is 0 Å². The van der Waals surface area contributed by atoms with Crippen LogP contribution in [0.5, 0.6) is 0 Å². The summed E-state index contributed by atoms with van der Waals surface area (Å²) in [5.41, 5.74) is 4.80. The van der Waals surface area contributed by atoms with Gasteiger partial charge in [0.25, 0.3) is 0 Å². The van der Waals surface area contributed by atoms with Crippen LogP contribution in [0.1, 0.15) is 35.3 Å². The van der Waals surface area contributed by atoms with Gasteiger partial charge in [0, 0.05) is 12.2 Å². The van der Waals surface area contributed by atoms with Gasteiger partial charge in [-0.05, 0) is 42.2 Å². The minimum absolute atomic E-state index is 0.134. The fourth-order valence-corrected chi connectivity index (χ4v) is 2.99. The summed E-state index contributed by atoms with van der Waals surface area (Å²) in [6.45, 7) is 4.66. The van der Waals surface area contributed by atoms with Crippen molar-refractivity contribution in [1.29, 1.82) is 0 Å². The average Bonchev–Trinajstić information content (AvgIpc) is 2.81. The lowest BCUT2D eigenvalue weighted by molar-refractivity contribution is -0.117. The van der Waals surface area contributed by atoms with Gasteiger partial charge in [0.2, 0.25) is 5.91 Å². The first-order valence-electron chi connectivity index (χ1n) is 7.28. The SMILES string of the molecule is CCN1C(=O)Cc2cc(C(O)c3ccccc3C)ccc21. The molecule has 0 aromatic heterocycles. The van der Waals surface area contributed by atoms with Crippen LogP contribution in [0.25, 0.3) is 0 Å². The van der Waals surface area contributed by atoms with E-state index in [-0.39, 0.29) is 5.91 Å². The van der Waals surface area contributed by atoms with Crippen LogP contribution in [0, 0.1) is 6.92 Å². The molecule has 0 saturated carbocycles. The number of rotatable bonds is 3. The Bertz CT molecular complexity index is 693. The van der Waals surface area contributed by atoms with Crippen LogP contribution in [0.4, 0.5) is 5.69 Å². The smallest absolute Gasteiger partial charge is 0.231 e. The monoisotopic (exact) mass is 281 g/mol. The highest BCUT2D eigenvalue weighted by atomic mass is 16.3. The molecule has 21 heavy (non-hydrogen) atoms. The summed E-state index contributed by atoms with van der Waals surface area (Å²) in [6.07, 6.45) is -0.223. The number of hydrogen-bond acceptors (Lipinski definition) is 2. The van der Waals surface area contributed by atoms with Gasteiger partial charge in [0.15, 0.2) is 0 Å². The van der Waals surface area contributed by atoms with Crippen LogP contribution in [0.2, 0.25) is 0 Å². The average molecular weight is 281 g/mol. The van der Waals surface area contributed by atoms with Gasteiger partial charge < -0.3 is 10.0 Å². The second-order valence-electron chi connectivity index (χ2n) is 5.46. The minimum atomic E-state index is -0.651. The van der Waals surface area contributed by atoms with Crippen molar-refractivity contribution in [3.8, 4) is 0 Å². The summed E-state index contributed by atoms with van der Waals surface area (Å²) >= 11 is 0. The van der Waals surface area contributed by atoms with Crippen molar-refractivity contribution in [2.45, 2.75) is 26.4 Å². The normalized spacial score (nSPS) is 15.2. The molecule has 0 radical (unpaired) electrons. The Morgan fingerprint density at radius 2 is 2.00 bits per heavy atom. The molecule has 2 aromatic rings. The number of amides is 1. The molecule has 1 heterocycles. The minimum Gasteiger partial charge on any atom is -0.384 e. The quantitative estimate of drug-likeness (QED) is 0.939. The number of anilines is 1. The number of carbonyl (C=O) groups is 1. The molecule has 3 nitrogen and oxygen atoms in total. The van der Waals surface area contributed by atoms with Crippen LogP contribution in [-0.4, -0.2) is 17.6 Å². The predicted octanol–water partition coefficient (Wildman–Crippen LogP) is 2.99. The zero-order valence-electron chi connectivity index (χ0n) is 12.3. The Morgan fingerprint density at radius 1 is 1.24 bits per heavy atom. The maximum absolute atomic E-state index is 11.9. The molecular formula is C18H19NO2. The van der Waals surface area contributed by atoms with Gasteiger partial charge in [0.05, 0.1) is 6.42 Å². The molecule has 1 unspecified atom stereocenters. The number of aliphatic hydroxyl groups excluding tert-OH is 1. The standard InChI is InChI=1S/C18H19NO2/c1-3-19-16-9-8-13(10-14(16)11-17(19)20)18(21)15-7-5-4-6-12(15)2/h4-10,18,21H,3,11H2,1-2H3. The largest absolute Gasteiger partial charge is 0.384 e. The van der Waals surface area contributed by atoms with E-state index in [1.54, 1.807) is 4.90 Å². The number of carbonyl (C=O) groups excluding carboxylic acids is 1. The Labute approximate surface area is 124 Å². The van der Waals surface area contributed by atoms with E-state index in [0.29, 0.717) is 13.0 Å². The first-order chi connectivity index (χ1) is 10.1. The molecule has 1 amide bonds. The van der Waals surface area contributed by atoms with Crippen molar-refractivity contribution >= 4 is 11.6 Å². The highest BCUT2D eigenvalue weighted by molar-refractivity contribution is 6.01. The number of aliphatic hydroxyl groups is 1. The fraction of sp³-hybridized carbons (Fsp3) is 0.278. The highest BCUT2D eigenvalue weighted by Crippen LogP contribution is 2.33. The second kappa shape index (κ2) is 5.34. The summed E-state index contributed by atoms with van der Waals surface area (Å²) in [6, 6.07) is 13.6. The van der Waals surface area contributed by atoms with Crippen LogP contribution < -0.4 is 4.90 Å². The number of hydrogen-bond donors (Lipinski definition) is 1. The van der Waals surface area contributed by atoms with Crippen molar-refractivity contribution in [3.05, 3.63) is 64.7 Å². The van der Waals surface area contributed by atoms with Gasteiger partial charge in [0.1, 0.15) is 6.10 Å². The van der Waals surface area contributed by atoms with Gasteiger partial charge in [-0.25, -0.2) is 0 Å². The third kappa shape index (κ3) is 2.34. The third-order valence-corrected chi connectivity index (χ3v) is 4.15. The summed E-state index contributed by atoms with van der Waals surface area (Å²) < 4.78 is 0. The van der Waals surface area contributed by atoms with Crippen molar-refractivity contribution in [3.63, 3.8) is 0 Å². The first kappa shape index (κ1) is 13.8. The molecule has 2 aromatic carbocycles. The van der Waals surface area contributed by atoms with Gasteiger partial charge in [-0.3, -0.25) is 4.79 Å². The Kier molecular flexibility index (Phi) is 3.52. The lowest BCUT2D eigenvalue weighted by Gasteiger charge is -2.17. The van der Waals surface area contributed by atoms with E-state index in [2.05, 4.69) is 0 Å². The van der Waals surface area contributed by atoms with E-state index in [1.165, 1.54) is 0 Å². The molecule has 3 rings (SSSR count). The molecule has 0 saturated heterocycles. The van der Waals surface area contributed by atoms with Crippen LogP contribution in [0.3, 0.4) is 0 Å². The molecule has 1 N–H and O–H groups in total. The van der Waals surface area contributed by atoms with E-state index in [0.717, 1.165) is 27.9 Å². The number of benzene rings is 2. The fourth-order valence-electron chi connectivity index (χ4n) is 2.99. The second-order valence-corrected chi connectivity index (χ2v) is 5.46. The Hall–Kier alpha value is -2.13. The topological polar surface area (TPSA) is 40.5 Å². The maximum Gasteiger partial charge on any atom is 0.231 e. The van der Waals surface area contributed by atoms with Gasteiger partial charge in [-0.1, -0.05) is 36.4 Å². The van der Waals surface area contributed by atoms with E-state index in [1.807, 2.05) is 56.3 Å². The Morgan fingerprint density at radius 3 is 2.71 bits per heavy atom. The maximum atomic E-state index is 11.9. The van der Waals surface area contributed by atoms with Gasteiger partial charge in [-0.2, -0.15) is 0 Å². The van der Waals surface area contributed by atoms with Crippen LogP contribution in [-0.2, 0) is 11.2 Å². The molecule has 1 atom stereocenters. The molecule has 1 aliphatic heterocycles. The Balaban J connectivity index is 1.97. The summed E-state index contributed by atoms with van der Waals surface area (Å²) in [5.74, 6) is 0.134. The van der Waals surface area contributed by atoms with E-state index in [4.69, 9.17) is 0 Å². The first-order valence-corrected chi connectivity index (χ1v) is 7.28. The number of nitrogens with zero attached hydrogens (tertiary/aromatic N) is 1. The third-order valence-electron chi connectivity index (χ3n) is 4.15.